The second kappa shape index (κ2) is 5.65. The fourth-order valence-electron chi connectivity index (χ4n) is 3.00. The Morgan fingerprint density at radius 3 is 2.82 bits per heavy atom. The van der Waals surface area contributed by atoms with E-state index in [2.05, 4.69) is 5.32 Å². The monoisotopic (exact) mass is 315 g/mol. The first-order valence-electron chi connectivity index (χ1n) is 7.61. The molecule has 2 aliphatic rings. The van der Waals surface area contributed by atoms with Crippen LogP contribution in [-0.4, -0.2) is 19.1 Å². The van der Waals surface area contributed by atoms with Crippen molar-refractivity contribution in [2.45, 2.75) is 25.7 Å². The molecule has 1 aliphatic carbocycles. The lowest BCUT2D eigenvalue weighted by molar-refractivity contribution is 0.102. The Kier molecular flexibility index (Phi) is 3.50. The van der Waals surface area contributed by atoms with Gasteiger partial charge in [-0.15, -0.1) is 11.3 Å². The molecule has 0 atom stereocenters. The van der Waals surface area contributed by atoms with Crippen molar-refractivity contribution in [1.29, 1.82) is 0 Å². The zero-order chi connectivity index (χ0) is 14.9. The molecule has 1 aromatic carbocycles. The Morgan fingerprint density at radius 1 is 1.09 bits per heavy atom. The summed E-state index contributed by atoms with van der Waals surface area (Å²) < 4.78 is 11.0. The van der Waals surface area contributed by atoms with Crippen LogP contribution in [0.1, 0.15) is 33.6 Å². The molecular formula is C17H17NO3S. The van der Waals surface area contributed by atoms with Crippen LogP contribution in [0, 0.1) is 0 Å². The normalized spacial score (nSPS) is 16.0. The minimum Gasteiger partial charge on any atom is -0.486 e. The van der Waals surface area contributed by atoms with Crippen molar-refractivity contribution in [2.24, 2.45) is 0 Å². The van der Waals surface area contributed by atoms with E-state index in [9.17, 15) is 4.79 Å². The van der Waals surface area contributed by atoms with Gasteiger partial charge < -0.3 is 14.8 Å². The average molecular weight is 315 g/mol. The molecule has 0 radical (unpaired) electrons. The number of amides is 1. The van der Waals surface area contributed by atoms with Gasteiger partial charge in [-0.3, -0.25) is 4.79 Å². The van der Waals surface area contributed by atoms with Gasteiger partial charge in [0.1, 0.15) is 13.2 Å². The summed E-state index contributed by atoms with van der Waals surface area (Å²) in [4.78, 5) is 13.9. The van der Waals surface area contributed by atoms with Gasteiger partial charge in [-0.25, -0.2) is 0 Å². The van der Waals surface area contributed by atoms with E-state index in [4.69, 9.17) is 9.47 Å². The minimum atomic E-state index is -0.0314. The van der Waals surface area contributed by atoms with Crippen LogP contribution in [0.4, 0.5) is 5.69 Å². The molecule has 1 N–H and O–H groups in total. The number of anilines is 1. The van der Waals surface area contributed by atoms with Crippen molar-refractivity contribution in [3.8, 4) is 11.5 Å². The lowest BCUT2D eigenvalue weighted by Gasteiger charge is -2.19. The maximum atomic E-state index is 12.5. The van der Waals surface area contributed by atoms with E-state index < -0.39 is 0 Å². The Balaban J connectivity index is 1.56. The molecular weight excluding hydrogens is 298 g/mol. The third-order valence-electron chi connectivity index (χ3n) is 4.11. The van der Waals surface area contributed by atoms with Crippen molar-refractivity contribution in [3.05, 3.63) is 39.6 Å². The zero-order valence-corrected chi connectivity index (χ0v) is 13.0. The first kappa shape index (κ1) is 13.6. The highest BCUT2D eigenvalue weighted by molar-refractivity contribution is 7.10. The predicted octanol–water partition coefficient (Wildman–Crippen LogP) is 3.65. The molecule has 1 aliphatic heterocycles. The Labute approximate surface area is 133 Å². The molecule has 2 heterocycles. The highest BCUT2D eigenvalue weighted by Gasteiger charge is 2.20. The first-order chi connectivity index (χ1) is 10.8. The summed E-state index contributed by atoms with van der Waals surface area (Å²) in [5.74, 6) is 1.39. The van der Waals surface area contributed by atoms with E-state index in [0.29, 0.717) is 19.0 Å². The van der Waals surface area contributed by atoms with E-state index in [-0.39, 0.29) is 5.91 Å². The molecule has 4 nitrogen and oxygen atoms in total. The van der Waals surface area contributed by atoms with Crippen molar-refractivity contribution in [3.63, 3.8) is 0 Å². The third-order valence-corrected chi connectivity index (χ3v) is 5.19. The second-order valence-electron chi connectivity index (χ2n) is 5.57. The molecule has 1 aromatic heterocycles. The number of aryl methyl sites for hydroxylation is 1. The molecule has 1 amide bonds. The standard InChI is InChI=1S/C17H17NO3S/c19-17(13-10-22-16-4-2-1-3-12(13)16)18-11-5-6-14-15(9-11)21-8-7-20-14/h5-6,9-10H,1-4,7-8H2,(H,18,19). The van der Waals surface area contributed by atoms with Crippen LogP contribution in [0.2, 0.25) is 0 Å². The van der Waals surface area contributed by atoms with Gasteiger partial charge in [0.25, 0.3) is 5.91 Å². The molecule has 0 spiro atoms. The van der Waals surface area contributed by atoms with Crippen molar-refractivity contribution in [2.75, 3.05) is 18.5 Å². The number of nitrogens with one attached hydrogen (secondary N) is 1. The number of thiophene rings is 1. The van der Waals surface area contributed by atoms with Gasteiger partial charge in [-0.2, -0.15) is 0 Å². The maximum Gasteiger partial charge on any atom is 0.256 e. The van der Waals surface area contributed by atoms with E-state index in [0.717, 1.165) is 29.8 Å². The molecule has 5 heteroatoms. The van der Waals surface area contributed by atoms with Crippen LogP contribution < -0.4 is 14.8 Å². The van der Waals surface area contributed by atoms with E-state index >= 15 is 0 Å². The number of fused-ring (bicyclic) bond motifs is 2. The Bertz CT molecular complexity index is 723. The molecule has 114 valence electrons. The highest BCUT2D eigenvalue weighted by Crippen LogP contribution is 2.34. The molecule has 0 bridgehead atoms. The lowest BCUT2D eigenvalue weighted by atomic mass is 9.95. The second-order valence-corrected chi connectivity index (χ2v) is 6.53. The summed E-state index contributed by atoms with van der Waals surface area (Å²) in [6.45, 7) is 1.11. The van der Waals surface area contributed by atoms with Crippen LogP contribution in [0.15, 0.2) is 23.6 Å². The van der Waals surface area contributed by atoms with E-state index in [1.165, 1.54) is 23.3 Å². The summed E-state index contributed by atoms with van der Waals surface area (Å²) >= 11 is 1.71. The van der Waals surface area contributed by atoms with Gasteiger partial charge in [-0.1, -0.05) is 0 Å². The van der Waals surface area contributed by atoms with Crippen LogP contribution >= 0.6 is 11.3 Å². The highest BCUT2D eigenvalue weighted by atomic mass is 32.1. The largest absolute Gasteiger partial charge is 0.486 e. The SMILES string of the molecule is O=C(Nc1ccc2c(c1)OCCO2)c1csc2c1CCCC2. The van der Waals surface area contributed by atoms with E-state index in [1.54, 1.807) is 11.3 Å². The molecule has 2 aromatic rings. The zero-order valence-electron chi connectivity index (χ0n) is 12.2. The van der Waals surface area contributed by atoms with Crippen molar-refractivity contribution in [1.82, 2.24) is 0 Å². The molecule has 0 fully saturated rings. The Hall–Kier alpha value is -2.01. The minimum absolute atomic E-state index is 0.0314. The van der Waals surface area contributed by atoms with Gasteiger partial charge in [0.05, 0.1) is 5.56 Å². The van der Waals surface area contributed by atoms with Gasteiger partial charge in [0.15, 0.2) is 11.5 Å². The molecule has 0 saturated heterocycles. The van der Waals surface area contributed by atoms with Crippen LogP contribution in [-0.2, 0) is 12.8 Å². The van der Waals surface area contributed by atoms with Crippen molar-refractivity contribution < 1.29 is 14.3 Å². The fourth-order valence-corrected chi connectivity index (χ4v) is 4.13. The van der Waals surface area contributed by atoms with Gasteiger partial charge in [-0.05, 0) is 43.4 Å². The smallest absolute Gasteiger partial charge is 0.256 e. The molecule has 4 rings (SSSR count). The lowest BCUT2D eigenvalue weighted by Crippen LogP contribution is -2.17. The van der Waals surface area contributed by atoms with Gasteiger partial charge in [0.2, 0.25) is 0 Å². The summed E-state index contributed by atoms with van der Waals surface area (Å²) in [6.07, 6.45) is 4.53. The average Bonchev–Trinajstić information content (AvgIpc) is 2.99. The molecule has 0 saturated carbocycles. The number of rotatable bonds is 2. The number of benzene rings is 1. The third kappa shape index (κ3) is 2.46. The molecule has 22 heavy (non-hydrogen) atoms. The van der Waals surface area contributed by atoms with Crippen LogP contribution in [0.25, 0.3) is 0 Å². The summed E-state index contributed by atoms with van der Waals surface area (Å²) in [7, 11) is 0. The fraction of sp³-hybridized carbons (Fsp3) is 0.353. The number of carbonyl (C=O) groups is 1. The number of carbonyl (C=O) groups excluding carboxylic acids is 1. The molecule has 0 unspecified atom stereocenters. The van der Waals surface area contributed by atoms with Gasteiger partial charge >= 0.3 is 0 Å². The summed E-state index contributed by atoms with van der Waals surface area (Å²) in [5.41, 5.74) is 2.81. The first-order valence-corrected chi connectivity index (χ1v) is 8.49. The Morgan fingerprint density at radius 2 is 1.91 bits per heavy atom. The predicted molar refractivity (Wildman–Crippen MR) is 86.3 cm³/mol. The number of ether oxygens (including phenoxy) is 2. The van der Waals surface area contributed by atoms with Gasteiger partial charge in [0, 0.05) is 22.0 Å². The van der Waals surface area contributed by atoms with Crippen molar-refractivity contribution >= 4 is 22.9 Å². The summed E-state index contributed by atoms with van der Waals surface area (Å²) in [6, 6.07) is 5.52. The topological polar surface area (TPSA) is 47.6 Å². The summed E-state index contributed by atoms with van der Waals surface area (Å²) in [5, 5.41) is 4.97. The van der Waals surface area contributed by atoms with E-state index in [1.807, 2.05) is 23.6 Å². The number of hydrogen-bond acceptors (Lipinski definition) is 4. The van der Waals surface area contributed by atoms with Crippen LogP contribution in [0.5, 0.6) is 11.5 Å². The number of hydrogen-bond donors (Lipinski definition) is 1. The maximum absolute atomic E-state index is 12.5. The van der Waals surface area contributed by atoms with Crippen LogP contribution in [0.3, 0.4) is 0 Å². The quantitative estimate of drug-likeness (QED) is 0.920.